The fourth-order valence-corrected chi connectivity index (χ4v) is 1.66. The number of carbonyl (C=O) groups excluding carboxylic acids is 1. The van der Waals surface area contributed by atoms with Crippen LogP contribution in [0.1, 0.15) is 42.1 Å². The Morgan fingerprint density at radius 3 is 2.62 bits per heavy atom. The van der Waals surface area contributed by atoms with Crippen molar-refractivity contribution < 1.29 is 9.90 Å². The number of nitrogens with two attached hydrogens (primary N) is 1. The fourth-order valence-electron chi connectivity index (χ4n) is 1.43. The number of phenols is 1. The molecule has 0 atom stereocenters. The summed E-state index contributed by atoms with van der Waals surface area (Å²) in [5, 5.41) is 9.92. The van der Waals surface area contributed by atoms with Crippen LogP contribution in [0.25, 0.3) is 0 Å². The zero-order chi connectivity index (χ0) is 12.3. The van der Waals surface area contributed by atoms with Gasteiger partial charge in [0.15, 0.2) is 5.78 Å². The smallest absolute Gasteiger partial charge is 0.167 e. The number of carbonyl (C=O) groups is 1. The first-order valence-electron chi connectivity index (χ1n) is 5.23. The highest BCUT2D eigenvalue weighted by Gasteiger charge is 2.15. The van der Waals surface area contributed by atoms with E-state index in [2.05, 4.69) is 0 Å². The molecule has 4 heteroatoms. The van der Waals surface area contributed by atoms with E-state index in [1.807, 2.05) is 13.8 Å². The average molecular weight is 242 g/mol. The molecule has 0 radical (unpaired) electrons. The van der Waals surface area contributed by atoms with Gasteiger partial charge in [-0.25, -0.2) is 0 Å². The van der Waals surface area contributed by atoms with E-state index in [1.54, 1.807) is 12.1 Å². The van der Waals surface area contributed by atoms with Gasteiger partial charge in [-0.1, -0.05) is 25.4 Å². The van der Waals surface area contributed by atoms with Gasteiger partial charge in [0.2, 0.25) is 0 Å². The molecule has 0 saturated heterocycles. The molecule has 0 saturated carbocycles. The van der Waals surface area contributed by atoms with Gasteiger partial charge >= 0.3 is 0 Å². The van der Waals surface area contributed by atoms with Crippen molar-refractivity contribution in [2.45, 2.75) is 26.2 Å². The third kappa shape index (κ3) is 2.74. The third-order valence-corrected chi connectivity index (χ3v) is 2.71. The lowest BCUT2D eigenvalue weighted by molar-refractivity contribution is 0.0983. The van der Waals surface area contributed by atoms with Crippen molar-refractivity contribution in [1.82, 2.24) is 0 Å². The maximum atomic E-state index is 11.7. The second-order valence-corrected chi connectivity index (χ2v) is 4.42. The van der Waals surface area contributed by atoms with Crippen molar-refractivity contribution in [3.8, 4) is 5.75 Å². The van der Waals surface area contributed by atoms with Crippen LogP contribution in [0.5, 0.6) is 5.75 Å². The number of Topliss-reactive ketones (excluding diaryl/α,β-unsaturated/α-hetero) is 1. The van der Waals surface area contributed by atoms with Crippen molar-refractivity contribution in [2.24, 2.45) is 5.73 Å². The molecule has 0 aromatic heterocycles. The number of halogens is 1. The first-order chi connectivity index (χ1) is 7.47. The molecule has 1 aromatic rings. The van der Waals surface area contributed by atoms with Crippen molar-refractivity contribution in [3.05, 3.63) is 28.3 Å². The van der Waals surface area contributed by atoms with Crippen LogP contribution in [0.15, 0.2) is 12.1 Å². The first-order valence-corrected chi connectivity index (χ1v) is 5.60. The van der Waals surface area contributed by atoms with Crippen LogP contribution in [0, 0.1) is 0 Å². The summed E-state index contributed by atoms with van der Waals surface area (Å²) in [5.41, 5.74) is 6.52. The molecule has 3 nitrogen and oxygen atoms in total. The predicted molar refractivity (Wildman–Crippen MR) is 65.2 cm³/mol. The second kappa shape index (κ2) is 5.32. The number of rotatable bonds is 4. The molecule has 0 aliphatic carbocycles. The van der Waals surface area contributed by atoms with Crippen LogP contribution in [0.2, 0.25) is 5.02 Å². The van der Waals surface area contributed by atoms with E-state index in [1.165, 1.54) is 0 Å². The van der Waals surface area contributed by atoms with E-state index in [9.17, 15) is 9.90 Å². The van der Waals surface area contributed by atoms with E-state index in [4.69, 9.17) is 17.3 Å². The van der Waals surface area contributed by atoms with E-state index >= 15 is 0 Å². The van der Waals surface area contributed by atoms with Crippen LogP contribution in [-0.4, -0.2) is 17.4 Å². The van der Waals surface area contributed by atoms with Gasteiger partial charge in [0.1, 0.15) is 5.75 Å². The van der Waals surface area contributed by atoms with Gasteiger partial charge in [-0.3, -0.25) is 4.79 Å². The maximum Gasteiger partial charge on any atom is 0.167 e. The Labute approximate surface area is 100 Å². The Hall–Kier alpha value is -1.06. The summed E-state index contributed by atoms with van der Waals surface area (Å²) in [5.74, 6) is -0.0727. The molecule has 0 spiro atoms. The molecule has 0 amide bonds. The van der Waals surface area contributed by atoms with Gasteiger partial charge < -0.3 is 10.8 Å². The zero-order valence-electron chi connectivity index (χ0n) is 9.46. The molecule has 0 unspecified atom stereocenters. The highest BCUT2D eigenvalue weighted by atomic mass is 35.5. The summed E-state index contributed by atoms with van der Waals surface area (Å²) in [6, 6.07) is 3.37. The molecule has 0 bridgehead atoms. The van der Waals surface area contributed by atoms with Crippen molar-refractivity contribution >= 4 is 17.4 Å². The van der Waals surface area contributed by atoms with Crippen LogP contribution >= 0.6 is 11.6 Å². The highest BCUT2D eigenvalue weighted by Crippen LogP contribution is 2.32. The minimum atomic E-state index is -0.176. The molecule has 16 heavy (non-hydrogen) atoms. The van der Waals surface area contributed by atoms with Gasteiger partial charge in [0.25, 0.3) is 0 Å². The quantitative estimate of drug-likeness (QED) is 0.797. The summed E-state index contributed by atoms with van der Waals surface area (Å²) in [6.45, 7) is 4.27. The van der Waals surface area contributed by atoms with Crippen LogP contribution in [0.4, 0.5) is 0 Å². The van der Waals surface area contributed by atoms with Gasteiger partial charge in [-0.2, -0.15) is 0 Å². The second-order valence-electron chi connectivity index (χ2n) is 4.02. The summed E-state index contributed by atoms with van der Waals surface area (Å²) in [6.07, 6.45) is 0.214. The van der Waals surface area contributed by atoms with Crippen LogP contribution in [0.3, 0.4) is 0 Å². The monoisotopic (exact) mass is 241 g/mol. The Kier molecular flexibility index (Phi) is 4.33. The highest BCUT2D eigenvalue weighted by molar-refractivity contribution is 6.32. The summed E-state index contributed by atoms with van der Waals surface area (Å²) < 4.78 is 0. The Morgan fingerprint density at radius 2 is 2.12 bits per heavy atom. The van der Waals surface area contributed by atoms with Crippen LogP contribution in [-0.2, 0) is 0 Å². The molecule has 1 rings (SSSR count). The van der Waals surface area contributed by atoms with Gasteiger partial charge in [0.05, 0.1) is 10.6 Å². The van der Waals surface area contributed by atoms with Gasteiger partial charge in [-0.05, 0) is 30.2 Å². The molecule has 0 heterocycles. The Morgan fingerprint density at radius 1 is 1.50 bits per heavy atom. The zero-order valence-corrected chi connectivity index (χ0v) is 10.2. The lowest BCUT2D eigenvalue weighted by Gasteiger charge is -2.11. The molecular formula is C12H16ClNO2. The van der Waals surface area contributed by atoms with E-state index in [0.717, 1.165) is 5.56 Å². The molecule has 88 valence electrons. The molecule has 0 fully saturated rings. The van der Waals surface area contributed by atoms with Crippen LogP contribution < -0.4 is 5.73 Å². The minimum absolute atomic E-state index is 0.149. The molecule has 0 aliphatic heterocycles. The van der Waals surface area contributed by atoms with Crippen molar-refractivity contribution in [1.29, 1.82) is 0 Å². The number of phenolic OH excluding ortho intramolecular Hbond substituents is 1. The lowest BCUT2D eigenvalue weighted by Crippen LogP contribution is -2.09. The normalized spacial score (nSPS) is 10.8. The number of benzene rings is 1. The van der Waals surface area contributed by atoms with E-state index < -0.39 is 0 Å². The largest absolute Gasteiger partial charge is 0.506 e. The van der Waals surface area contributed by atoms with Crippen molar-refractivity contribution in [2.75, 3.05) is 6.54 Å². The van der Waals surface area contributed by atoms with E-state index in [0.29, 0.717) is 0 Å². The molecular weight excluding hydrogens is 226 g/mol. The first kappa shape index (κ1) is 13.0. The summed E-state index contributed by atoms with van der Waals surface area (Å²) in [7, 11) is 0. The number of aromatic hydroxyl groups is 1. The fraction of sp³-hybridized carbons (Fsp3) is 0.417. The third-order valence-electron chi connectivity index (χ3n) is 2.42. The van der Waals surface area contributed by atoms with Gasteiger partial charge in [-0.15, -0.1) is 0 Å². The SMILES string of the molecule is CC(C)c1cc(Cl)c(O)c(C(=O)CCN)c1. The minimum Gasteiger partial charge on any atom is -0.506 e. The Balaban J connectivity index is 3.21. The predicted octanol–water partition coefficient (Wildman–Crippen LogP) is 2.70. The maximum absolute atomic E-state index is 11.7. The van der Waals surface area contributed by atoms with E-state index in [-0.39, 0.29) is 41.0 Å². The standard InChI is InChI=1S/C12H16ClNO2/c1-7(2)8-5-9(11(15)3-4-14)12(16)10(13)6-8/h5-7,16H,3-4,14H2,1-2H3. The molecule has 0 aliphatic rings. The number of hydrogen-bond acceptors (Lipinski definition) is 3. The molecule has 1 aromatic carbocycles. The van der Waals surface area contributed by atoms with Crippen molar-refractivity contribution in [3.63, 3.8) is 0 Å². The topological polar surface area (TPSA) is 63.3 Å². The number of ketones is 1. The summed E-state index contributed by atoms with van der Waals surface area (Å²) in [4.78, 5) is 11.7. The van der Waals surface area contributed by atoms with Gasteiger partial charge in [0, 0.05) is 6.42 Å². The lowest BCUT2D eigenvalue weighted by atomic mass is 9.97. The summed E-state index contributed by atoms with van der Waals surface area (Å²) >= 11 is 5.87. The number of hydrogen-bond donors (Lipinski definition) is 2. The molecule has 3 N–H and O–H groups in total. The Bertz CT molecular complexity index is 402. The average Bonchev–Trinajstić information content (AvgIpc) is 2.21.